The number of para-hydroxylation sites is 1. The molecule has 162 valence electrons. The maximum atomic E-state index is 12.9. The molecule has 4 aromatic rings. The first-order valence-electron chi connectivity index (χ1n) is 9.77. The fraction of sp³-hybridized carbons (Fsp3) is 0.0833. The van der Waals surface area contributed by atoms with Crippen LogP contribution >= 0.6 is 0 Å². The number of methoxy groups -OCH3 is 1. The summed E-state index contributed by atoms with van der Waals surface area (Å²) in [7, 11) is -2.27. The van der Waals surface area contributed by atoms with E-state index in [4.69, 9.17) is 9.47 Å². The minimum Gasteiger partial charge on any atom is -0.496 e. The van der Waals surface area contributed by atoms with Gasteiger partial charge < -0.3 is 9.47 Å². The number of nitrogens with zero attached hydrogens (tertiary/aromatic N) is 2. The average molecular weight is 448 g/mol. The highest BCUT2D eigenvalue weighted by Gasteiger charge is 2.17. The lowest BCUT2D eigenvalue weighted by atomic mass is 10.0. The Morgan fingerprint density at radius 3 is 2.28 bits per heavy atom. The minimum atomic E-state index is -3.80. The lowest BCUT2D eigenvalue weighted by molar-refractivity contribution is 0.416. The summed E-state index contributed by atoms with van der Waals surface area (Å²) in [6, 6.07) is 20.6. The van der Waals surface area contributed by atoms with E-state index in [1.807, 2.05) is 37.3 Å². The van der Waals surface area contributed by atoms with E-state index in [0.717, 1.165) is 16.8 Å². The Labute approximate surface area is 186 Å². The fourth-order valence-electron chi connectivity index (χ4n) is 3.16. The Morgan fingerprint density at radius 1 is 0.875 bits per heavy atom. The van der Waals surface area contributed by atoms with E-state index in [1.165, 1.54) is 25.6 Å². The first-order valence-corrected chi connectivity index (χ1v) is 11.3. The molecule has 0 atom stereocenters. The maximum Gasteiger partial charge on any atom is 0.261 e. The van der Waals surface area contributed by atoms with Crippen molar-refractivity contribution in [2.24, 2.45) is 0 Å². The van der Waals surface area contributed by atoms with Crippen LogP contribution in [0.4, 0.5) is 5.69 Å². The second-order valence-corrected chi connectivity index (χ2v) is 8.61. The molecule has 0 saturated carbocycles. The van der Waals surface area contributed by atoms with Crippen LogP contribution in [0.3, 0.4) is 0 Å². The molecule has 1 N–H and O–H groups in total. The topological polar surface area (TPSA) is 90.4 Å². The van der Waals surface area contributed by atoms with Crippen LogP contribution in [0.5, 0.6) is 17.2 Å². The van der Waals surface area contributed by atoms with Crippen molar-refractivity contribution in [1.29, 1.82) is 0 Å². The van der Waals surface area contributed by atoms with Gasteiger partial charge in [-0.05, 0) is 55.5 Å². The molecule has 4 rings (SSSR count). The SMILES string of the molecule is COc1cc(NS(=O)(=O)c2ccc(Oc3ccccc3)cc2)ccc1-c1cncnc1C. The fourth-order valence-corrected chi connectivity index (χ4v) is 4.21. The van der Waals surface area contributed by atoms with E-state index in [2.05, 4.69) is 14.7 Å². The molecule has 0 spiro atoms. The van der Waals surface area contributed by atoms with Crippen LogP contribution in [0.15, 0.2) is 90.2 Å². The van der Waals surface area contributed by atoms with Crippen molar-refractivity contribution in [3.8, 4) is 28.4 Å². The zero-order chi connectivity index (χ0) is 22.6. The third-order valence-corrected chi connectivity index (χ3v) is 6.17. The number of rotatable bonds is 7. The monoisotopic (exact) mass is 447 g/mol. The first kappa shape index (κ1) is 21.3. The Hall–Kier alpha value is -3.91. The Balaban J connectivity index is 1.55. The predicted molar refractivity (Wildman–Crippen MR) is 123 cm³/mol. The summed E-state index contributed by atoms with van der Waals surface area (Å²) in [5.74, 6) is 1.73. The van der Waals surface area contributed by atoms with Crippen molar-refractivity contribution in [2.75, 3.05) is 11.8 Å². The van der Waals surface area contributed by atoms with Crippen molar-refractivity contribution >= 4 is 15.7 Å². The van der Waals surface area contributed by atoms with E-state index in [0.29, 0.717) is 22.9 Å². The van der Waals surface area contributed by atoms with Gasteiger partial charge in [-0.1, -0.05) is 18.2 Å². The number of hydrogen-bond donors (Lipinski definition) is 1. The van der Waals surface area contributed by atoms with Crippen molar-refractivity contribution < 1.29 is 17.9 Å². The Bertz CT molecular complexity index is 1330. The van der Waals surface area contributed by atoms with Gasteiger partial charge in [-0.2, -0.15) is 0 Å². The van der Waals surface area contributed by atoms with Crippen LogP contribution in [-0.4, -0.2) is 25.5 Å². The normalized spacial score (nSPS) is 11.1. The van der Waals surface area contributed by atoms with Crippen LogP contribution in [-0.2, 0) is 10.0 Å². The number of ether oxygens (including phenoxy) is 2. The van der Waals surface area contributed by atoms with Crippen LogP contribution in [0, 0.1) is 6.92 Å². The molecule has 7 nitrogen and oxygen atoms in total. The third kappa shape index (κ3) is 4.70. The van der Waals surface area contributed by atoms with E-state index in [-0.39, 0.29) is 4.90 Å². The molecule has 0 amide bonds. The Kier molecular flexibility index (Phi) is 6.04. The van der Waals surface area contributed by atoms with Crippen LogP contribution in [0.2, 0.25) is 0 Å². The second-order valence-electron chi connectivity index (χ2n) is 6.93. The van der Waals surface area contributed by atoms with Crippen molar-refractivity contribution in [1.82, 2.24) is 9.97 Å². The molecule has 0 aliphatic heterocycles. The predicted octanol–water partition coefficient (Wildman–Crippen LogP) is 5.05. The second kappa shape index (κ2) is 9.07. The molecule has 8 heteroatoms. The highest BCUT2D eigenvalue weighted by Crippen LogP contribution is 2.34. The lowest BCUT2D eigenvalue weighted by Crippen LogP contribution is -2.13. The molecule has 0 bridgehead atoms. The Morgan fingerprint density at radius 2 is 1.59 bits per heavy atom. The number of hydrogen-bond acceptors (Lipinski definition) is 6. The van der Waals surface area contributed by atoms with E-state index < -0.39 is 10.0 Å². The number of nitrogens with one attached hydrogen (secondary N) is 1. The largest absolute Gasteiger partial charge is 0.496 e. The van der Waals surface area contributed by atoms with Gasteiger partial charge in [0.25, 0.3) is 10.0 Å². The van der Waals surface area contributed by atoms with Gasteiger partial charge in [0.15, 0.2) is 0 Å². The summed E-state index contributed by atoms with van der Waals surface area (Å²) in [5, 5.41) is 0. The third-order valence-electron chi connectivity index (χ3n) is 4.77. The summed E-state index contributed by atoms with van der Waals surface area (Å²) >= 11 is 0. The zero-order valence-electron chi connectivity index (χ0n) is 17.5. The van der Waals surface area contributed by atoms with Gasteiger partial charge in [0.2, 0.25) is 0 Å². The number of aromatic nitrogens is 2. The highest BCUT2D eigenvalue weighted by molar-refractivity contribution is 7.92. The number of benzene rings is 3. The van der Waals surface area contributed by atoms with Crippen LogP contribution < -0.4 is 14.2 Å². The van der Waals surface area contributed by atoms with Gasteiger partial charge in [-0.25, -0.2) is 18.4 Å². The van der Waals surface area contributed by atoms with Crippen molar-refractivity contribution in [3.05, 3.63) is 91.0 Å². The van der Waals surface area contributed by atoms with Crippen LogP contribution in [0.1, 0.15) is 5.69 Å². The molecular weight excluding hydrogens is 426 g/mol. The number of aryl methyl sites for hydroxylation is 1. The lowest BCUT2D eigenvalue weighted by Gasteiger charge is -2.14. The molecule has 0 radical (unpaired) electrons. The molecular formula is C24H21N3O4S. The summed E-state index contributed by atoms with van der Waals surface area (Å²) in [6.07, 6.45) is 3.17. The van der Waals surface area contributed by atoms with E-state index in [1.54, 1.807) is 36.5 Å². The van der Waals surface area contributed by atoms with Gasteiger partial charge in [0.05, 0.1) is 17.7 Å². The van der Waals surface area contributed by atoms with Gasteiger partial charge in [-0.3, -0.25) is 4.72 Å². The molecule has 32 heavy (non-hydrogen) atoms. The van der Waals surface area contributed by atoms with Gasteiger partial charge in [-0.15, -0.1) is 0 Å². The molecule has 0 saturated heterocycles. The summed E-state index contributed by atoms with van der Waals surface area (Å²) < 4.78 is 39.5. The molecule has 0 aliphatic carbocycles. The first-order chi connectivity index (χ1) is 15.5. The smallest absolute Gasteiger partial charge is 0.261 e. The van der Waals surface area contributed by atoms with Crippen molar-refractivity contribution in [2.45, 2.75) is 11.8 Å². The van der Waals surface area contributed by atoms with E-state index >= 15 is 0 Å². The van der Waals surface area contributed by atoms with Crippen molar-refractivity contribution in [3.63, 3.8) is 0 Å². The maximum absolute atomic E-state index is 12.9. The number of anilines is 1. The van der Waals surface area contributed by atoms with Gasteiger partial charge in [0.1, 0.15) is 23.6 Å². The molecule has 1 aromatic heterocycles. The quantitative estimate of drug-likeness (QED) is 0.426. The molecule has 0 aliphatic rings. The number of sulfonamides is 1. The summed E-state index contributed by atoms with van der Waals surface area (Å²) in [4.78, 5) is 8.38. The van der Waals surface area contributed by atoms with Crippen LogP contribution in [0.25, 0.3) is 11.1 Å². The molecule has 0 fully saturated rings. The van der Waals surface area contributed by atoms with Gasteiger partial charge in [0, 0.05) is 29.1 Å². The molecule has 0 unspecified atom stereocenters. The summed E-state index contributed by atoms with van der Waals surface area (Å²) in [6.45, 7) is 1.87. The molecule has 1 heterocycles. The van der Waals surface area contributed by atoms with Gasteiger partial charge >= 0.3 is 0 Å². The average Bonchev–Trinajstić information content (AvgIpc) is 2.80. The van der Waals surface area contributed by atoms with E-state index in [9.17, 15) is 8.42 Å². The minimum absolute atomic E-state index is 0.119. The standard InChI is InChI=1S/C24H21N3O4S/c1-17-23(15-25-16-26-17)22-13-8-18(14-24(22)30-2)27-32(28,29)21-11-9-20(10-12-21)31-19-6-4-3-5-7-19/h3-16,27H,1-2H3. The summed E-state index contributed by atoms with van der Waals surface area (Å²) in [5.41, 5.74) is 2.76. The highest BCUT2D eigenvalue weighted by atomic mass is 32.2. The zero-order valence-corrected chi connectivity index (χ0v) is 18.3. The molecule has 3 aromatic carbocycles.